The molecule has 2 amide bonds. The number of amides is 2. The number of nitrogens with two attached hydrogens (primary N) is 2. The predicted octanol–water partition coefficient (Wildman–Crippen LogP) is 10.6. The summed E-state index contributed by atoms with van der Waals surface area (Å²) in [7, 11) is 0. The van der Waals surface area contributed by atoms with Crippen LogP contribution in [0.15, 0.2) is 13.2 Å². The van der Waals surface area contributed by atoms with Gasteiger partial charge in [0.05, 0.1) is 13.2 Å². The maximum Gasteiger partial charge on any atom is 0.217 e. The fraction of sp³-hybridized carbons (Fsp3) is 0.902. The smallest absolute Gasteiger partial charge is 0.217 e. The van der Waals surface area contributed by atoms with Crippen molar-refractivity contribution in [2.24, 2.45) is 11.5 Å². The van der Waals surface area contributed by atoms with E-state index in [1.54, 1.807) is 0 Å². The Morgan fingerprint density at radius 1 is 0.417 bits per heavy atom. The van der Waals surface area contributed by atoms with Gasteiger partial charge in [0.1, 0.15) is 6.10 Å². The summed E-state index contributed by atoms with van der Waals surface area (Å²) in [5, 5.41) is 24.0. The molecule has 0 aliphatic heterocycles. The van der Waals surface area contributed by atoms with Crippen LogP contribution in [0, 0.1) is 0 Å². The van der Waals surface area contributed by atoms with E-state index in [9.17, 15) is 9.59 Å². The van der Waals surface area contributed by atoms with E-state index in [-0.39, 0.29) is 25.0 Å². The fourth-order valence-electron chi connectivity index (χ4n) is 5.40. The topological polar surface area (TPSA) is 147 Å². The Morgan fingerprint density at radius 2 is 0.583 bits per heavy atom. The number of carbonyl (C=O) groups is 2. The maximum absolute atomic E-state index is 10.6. The number of primary amides is 2. The standard InChI is InChI=1S/2C18H37NO.C3H8O3.C2H4/c2*1-2-3-4-5-6-7-8-9-10-11-12-13-14-15-16-17-18(19)20;4-1-3(6)2-5;1-2/h2*2-17H2,1H3,(H2,19,20);3-6H,1-2H2;1-2H2. The first-order chi connectivity index (χ1) is 23.3. The summed E-state index contributed by atoms with van der Waals surface area (Å²) in [6.07, 6.45) is 40.8. The zero-order valence-corrected chi connectivity index (χ0v) is 32.3. The van der Waals surface area contributed by atoms with Gasteiger partial charge in [-0.2, -0.15) is 0 Å². The molecule has 0 aromatic carbocycles. The second kappa shape index (κ2) is 52.4. The monoisotopic (exact) mass is 687 g/mol. The van der Waals surface area contributed by atoms with Crippen molar-refractivity contribution >= 4 is 11.8 Å². The maximum atomic E-state index is 10.6. The molecule has 7 nitrogen and oxygen atoms in total. The zero-order valence-electron chi connectivity index (χ0n) is 32.3. The highest BCUT2D eigenvalue weighted by molar-refractivity contribution is 5.73. The van der Waals surface area contributed by atoms with Crippen LogP contribution in [0.5, 0.6) is 0 Å². The lowest BCUT2D eigenvalue weighted by molar-refractivity contribution is -0.119. The van der Waals surface area contributed by atoms with Gasteiger partial charge in [0, 0.05) is 12.8 Å². The molecule has 290 valence electrons. The molecule has 0 spiro atoms. The molecule has 0 atom stereocenters. The lowest BCUT2D eigenvalue weighted by atomic mass is 10.0. The van der Waals surface area contributed by atoms with Gasteiger partial charge in [-0.15, -0.1) is 13.2 Å². The van der Waals surface area contributed by atoms with E-state index in [4.69, 9.17) is 26.8 Å². The third kappa shape index (κ3) is 63.3. The third-order valence-electron chi connectivity index (χ3n) is 8.47. The molecule has 0 fully saturated rings. The molecule has 0 heterocycles. The summed E-state index contributed by atoms with van der Waals surface area (Å²) >= 11 is 0. The second-order valence-electron chi connectivity index (χ2n) is 13.4. The van der Waals surface area contributed by atoms with E-state index in [0.29, 0.717) is 12.8 Å². The zero-order chi connectivity index (χ0) is 36.8. The summed E-state index contributed by atoms with van der Waals surface area (Å²) in [6, 6.07) is 0. The quantitative estimate of drug-likeness (QED) is 0.0337. The van der Waals surface area contributed by atoms with Gasteiger partial charge < -0.3 is 26.8 Å². The van der Waals surface area contributed by atoms with Crippen molar-refractivity contribution in [3.63, 3.8) is 0 Å². The highest BCUT2D eigenvalue weighted by atomic mass is 16.3. The van der Waals surface area contributed by atoms with Gasteiger partial charge in [0.15, 0.2) is 0 Å². The van der Waals surface area contributed by atoms with Crippen molar-refractivity contribution in [3.05, 3.63) is 13.2 Å². The Labute approximate surface area is 299 Å². The Bertz CT molecular complexity index is 543. The average Bonchev–Trinajstić information content (AvgIpc) is 3.09. The minimum absolute atomic E-state index is 0.153. The Hall–Kier alpha value is -1.44. The van der Waals surface area contributed by atoms with Crippen LogP contribution in [0.4, 0.5) is 0 Å². The predicted molar refractivity (Wildman–Crippen MR) is 209 cm³/mol. The van der Waals surface area contributed by atoms with Crippen LogP contribution in [0.25, 0.3) is 0 Å². The molecule has 0 aromatic heterocycles. The Balaban J connectivity index is -0.000000330. The third-order valence-corrected chi connectivity index (χ3v) is 8.47. The van der Waals surface area contributed by atoms with Crippen LogP contribution in [0.2, 0.25) is 0 Å². The summed E-state index contributed by atoms with van der Waals surface area (Å²) in [5.41, 5.74) is 10.2. The number of carbonyl (C=O) groups excluding carboxylic acids is 2. The van der Waals surface area contributed by atoms with Crippen LogP contribution in [0.1, 0.15) is 219 Å². The van der Waals surface area contributed by atoms with E-state index in [1.165, 1.54) is 180 Å². The van der Waals surface area contributed by atoms with Gasteiger partial charge in [0.25, 0.3) is 0 Å². The lowest BCUT2D eigenvalue weighted by Gasteiger charge is -2.03. The van der Waals surface area contributed by atoms with Gasteiger partial charge in [-0.25, -0.2) is 0 Å². The van der Waals surface area contributed by atoms with E-state index in [2.05, 4.69) is 27.0 Å². The molecule has 7 heteroatoms. The second-order valence-corrected chi connectivity index (χ2v) is 13.4. The van der Waals surface area contributed by atoms with Crippen molar-refractivity contribution < 1.29 is 24.9 Å². The minimum atomic E-state index is -0.954. The van der Waals surface area contributed by atoms with Crippen LogP contribution in [0.3, 0.4) is 0 Å². The van der Waals surface area contributed by atoms with Crippen molar-refractivity contribution in [2.75, 3.05) is 13.2 Å². The first-order valence-corrected chi connectivity index (χ1v) is 20.3. The molecule has 0 radical (unpaired) electrons. The van der Waals surface area contributed by atoms with Crippen molar-refractivity contribution in [1.82, 2.24) is 0 Å². The molecule has 0 aliphatic carbocycles. The van der Waals surface area contributed by atoms with Gasteiger partial charge in [0.2, 0.25) is 11.8 Å². The molecular formula is C41H86N2O5. The highest BCUT2D eigenvalue weighted by Crippen LogP contribution is 2.15. The van der Waals surface area contributed by atoms with Crippen LogP contribution >= 0.6 is 0 Å². The number of unbranched alkanes of at least 4 members (excludes halogenated alkanes) is 28. The lowest BCUT2D eigenvalue weighted by Crippen LogP contribution is -2.15. The number of hydrogen-bond donors (Lipinski definition) is 5. The molecule has 0 saturated heterocycles. The molecule has 0 unspecified atom stereocenters. The SMILES string of the molecule is C=C.CCCCCCCCCCCCCCCCCC(N)=O.CCCCCCCCCCCCCCCCCC(N)=O.OCC(O)CO. The van der Waals surface area contributed by atoms with Gasteiger partial charge >= 0.3 is 0 Å². The average molecular weight is 687 g/mol. The molecular weight excluding hydrogens is 600 g/mol. The van der Waals surface area contributed by atoms with Gasteiger partial charge in [-0.1, -0.05) is 194 Å². The fourth-order valence-corrected chi connectivity index (χ4v) is 5.40. The van der Waals surface area contributed by atoms with Crippen LogP contribution in [-0.2, 0) is 9.59 Å². The molecule has 0 aromatic rings. The van der Waals surface area contributed by atoms with Gasteiger partial charge in [-0.05, 0) is 12.8 Å². The van der Waals surface area contributed by atoms with E-state index in [0.717, 1.165) is 12.8 Å². The van der Waals surface area contributed by atoms with Crippen LogP contribution < -0.4 is 11.5 Å². The minimum Gasteiger partial charge on any atom is -0.394 e. The summed E-state index contributed by atoms with van der Waals surface area (Å²) in [5.74, 6) is -0.306. The van der Waals surface area contributed by atoms with Crippen molar-refractivity contribution in [3.8, 4) is 0 Å². The Kier molecular flexibility index (Phi) is 58.2. The molecule has 7 N–H and O–H groups in total. The molecule has 0 saturated carbocycles. The first-order valence-electron chi connectivity index (χ1n) is 20.3. The first kappa shape index (κ1) is 53.4. The van der Waals surface area contributed by atoms with Gasteiger partial charge in [-0.3, -0.25) is 9.59 Å². The molecule has 0 bridgehead atoms. The summed E-state index contributed by atoms with van der Waals surface area (Å²) in [6.45, 7) is 9.82. The van der Waals surface area contributed by atoms with E-state index in [1.807, 2.05) is 0 Å². The van der Waals surface area contributed by atoms with E-state index < -0.39 is 6.10 Å². The summed E-state index contributed by atoms with van der Waals surface area (Å²) < 4.78 is 0. The molecule has 0 aliphatic rings. The van der Waals surface area contributed by atoms with Crippen molar-refractivity contribution in [1.29, 1.82) is 0 Å². The molecule has 0 rings (SSSR count). The summed E-state index contributed by atoms with van der Waals surface area (Å²) in [4.78, 5) is 21.1. The number of aliphatic hydroxyl groups excluding tert-OH is 3. The van der Waals surface area contributed by atoms with Crippen molar-refractivity contribution in [2.45, 2.75) is 225 Å². The van der Waals surface area contributed by atoms with Crippen LogP contribution in [-0.4, -0.2) is 46.5 Å². The number of rotatable bonds is 34. The number of aliphatic hydroxyl groups is 3. The molecule has 48 heavy (non-hydrogen) atoms. The Morgan fingerprint density at radius 3 is 0.708 bits per heavy atom. The normalized spacial score (nSPS) is 10.4. The highest BCUT2D eigenvalue weighted by Gasteiger charge is 1.98. The number of hydrogen-bond acceptors (Lipinski definition) is 5. The van der Waals surface area contributed by atoms with E-state index >= 15 is 0 Å². The largest absolute Gasteiger partial charge is 0.394 e.